The summed E-state index contributed by atoms with van der Waals surface area (Å²) in [5, 5.41) is 19.0. The number of hydrogen-bond donors (Lipinski definition) is 2. The van der Waals surface area contributed by atoms with E-state index in [9.17, 15) is 18.3 Å². The van der Waals surface area contributed by atoms with Crippen molar-refractivity contribution in [3.8, 4) is 17.6 Å². The number of aliphatic hydroxyl groups is 1. The molecule has 0 bridgehead atoms. The van der Waals surface area contributed by atoms with Crippen LogP contribution in [0.25, 0.3) is 0 Å². The van der Waals surface area contributed by atoms with Gasteiger partial charge < -0.3 is 14.9 Å². The summed E-state index contributed by atoms with van der Waals surface area (Å²) >= 11 is 0. The highest BCUT2D eigenvalue weighted by molar-refractivity contribution is 7.89. The molecule has 216 valence electrons. The molecule has 1 saturated carbocycles. The Bertz CT molecular complexity index is 1340. The van der Waals surface area contributed by atoms with Crippen molar-refractivity contribution < 1.29 is 28.2 Å². The number of sulfonamides is 1. The molecule has 0 saturated heterocycles. The van der Waals surface area contributed by atoms with Crippen LogP contribution >= 0.6 is 0 Å². The number of carboxylic acids is 1. The van der Waals surface area contributed by atoms with E-state index in [-0.39, 0.29) is 41.4 Å². The normalized spacial score (nSPS) is 21.9. The first-order valence-electron chi connectivity index (χ1n) is 14.0. The quantitative estimate of drug-likeness (QED) is 0.459. The summed E-state index contributed by atoms with van der Waals surface area (Å²) in [6, 6.07) is 11.2. The Balaban J connectivity index is 1.60. The molecule has 2 aliphatic rings. The number of fused-ring (bicyclic) bond motifs is 1. The molecule has 3 atom stereocenters. The lowest BCUT2D eigenvalue weighted by molar-refractivity contribution is 0.0697. The zero-order valence-electron chi connectivity index (χ0n) is 23.5. The van der Waals surface area contributed by atoms with E-state index in [1.54, 1.807) is 49.4 Å². The highest BCUT2D eigenvalue weighted by atomic mass is 32.2. The van der Waals surface area contributed by atoms with Gasteiger partial charge in [-0.15, -0.1) is 0 Å². The van der Waals surface area contributed by atoms with E-state index in [2.05, 4.69) is 16.7 Å². The lowest BCUT2D eigenvalue weighted by Gasteiger charge is -2.37. The molecular formula is C31H40N2O6S. The third kappa shape index (κ3) is 7.24. The van der Waals surface area contributed by atoms with Crippen LogP contribution in [-0.4, -0.2) is 72.7 Å². The second-order valence-corrected chi connectivity index (χ2v) is 13.1. The maximum Gasteiger partial charge on any atom is 0.335 e. The second-order valence-electron chi connectivity index (χ2n) is 11.3. The van der Waals surface area contributed by atoms with Crippen molar-refractivity contribution in [2.75, 3.05) is 26.7 Å². The van der Waals surface area contributed by atoms with Crippen LogP contribution in [0.15, 0.2) is 47.4 Å². The number of carboxylic acid groups (broad SMARTS) is 1. The zero-order valence-corrected chi connectivity index (χ0v) is 24.4. The number of hydrogen-bond acceptors (Lipinski definition) is 6. The van der Waals surface area contributed by atoms with Crippen LogP contribution < -0.4 is 4.74 Å². The minimum absolute atomic E-state index is 0.0814. The first-order valence-corrected chi connectivity index (χ1v) is 15.5. The van der Waals surface area contributed by atoms with Crippen molar-refractivity contribution in [2.24, 2.45) is 11.8 Å². The van der Waals surface area contributed by atoms with Gasteiger partial charge in [0.25, 0.3) is 0 Å². The number of benzene rings is 2. The molecule has 40 heavy (non-hydrogen) atoms. The highest BCUT2D eigenvalue weighted by Gasteiger charge is 2.38. The topological polar surface area (TPSA) is 107 Å². The summed E-state index contributed by atoms with van der Waals surface area (Å²) in [6.45, 7) is 4.67. The molecule has 8 nitrogen and oxygen atoms in total. The molecule has 4 rings (SSSR count). The van der Waals surface area contributed by atoms with E-state index in [1.807, 2.05) is 14.0 Å². The third-order valence-corrected chi connectivity index (χ3v) is 9.93. The average molecular weight is 569 g/mol. The lowest BCUT2D eigenvalue weighted by Crippen LogP contribution is -2.49. The van der Waals surface area contributed by atoms with Crippen molar-refractivity contribution in [1.82, 2.24) is 9.21 Å². The fraction of sp³-hybridized carbons (Fsp3) is 0.516. The van der Waals surface area contributed by atoms with Crippen molar-refractivity contribution in [1.29, 1.82) is 0 Å². The van der Waals surface area contributed by atoms with E-state index < -0.39 is 22.0 Å². The first kappa shape index (κ1) is 30.1. The van der Waals surface area contributed by atoms with Gasteiger partial charge in [0.15, 0.2) is 0 Å². The summed E-state index contributed by atoms with van der Waals surface area (Å²) in [5.74, 6) is 6.27. The number of ether oxygens (including phenoxy) is 1. The van der Waals surface area contributed by atoms with Gasteiger partial charge >= 0.3 is 5.97 Å². The summed E-state index contributed by atoms with van der Waals surface area (Å²) in [5.41, 5.74) is 1.92. The van der Waals surface area contributed by atoms with Gasteiger partial charge in [-0.1, -0.05) is 43.7 Å². The molecule has 9 heteroatoms. The molecule has 1 aliphatic heterocycles. The first-order chi connectivity index (χ1) is 19.1. The van der Waals surface area contributed by atoms with E-state index >= 15 is 0 Å². The molecule has 1 aliphatic carbocycles. The number of nitrogens with zero attached hydrogens (tertiary/aromatic N) is 2. The lowest BCUT2D eigenvalue weighted by atomic mass is 10.0. The fourth-order valence-corrected chi connectivity index (χ4v) is 7.30. The minimum Gasteiger partial charge on any atom is -0.487 e. The molecule has 2 aromatic carbocycles. The number of rotatable bonds is 8. The van der Waals surface area contributed by atoms with Gasteiger partial charge in [-0.2, -0.15) is 4.31 Å². The largest absolute Gasteiger partial charge is 0.487 e. The van der Waals surface area contributed by atoms with E-state index in [0.29, 0.717) is 24.6 Å². The van der Waals surface area contributed by atoms with Crippen LogP contribution in [0.3, 0.4) is 0 Å². The predicted octanol–water partition coefficient (Wildman–Crippen LogP) is 4.22. The van der Waals surface area contributed by atoms with E-state index in [1.165, 1.54) is 30.0 Å². The molecule has 1 fully saturated rings. The molecular weight excluding hydrogens is 528 g/mol. The standard InChI is InChI=1S/C31H40N2O6S/c1-22-18-33(23(2)21-34)40(37,38)30-16-13-25(10-6-9-24-7-4-5-8-24)17-28(30)39-29(22)20-32(3)19-26-11-14-27(15-12-26)31(35)36/h11-17,22-24,29,34H,4-5,7-9,18-21H2,1-3H3,(H,35,36)/t22-,23+,29+/m0/s1. The van der Waals surface area contributed by atoms with Crippen LogP contribution in [0.4, 0.5) is 0 Å². The summed E-state index contributed by atoms with van der Waals surface area (Å²) < 4.78 is 35.3. The summed E-state index contributed by atoms with van der Waals surface area (Å²) in [7, 11) is -1.96. The van der Waals surface area contributed by atoms with E-state index in [0.717, 1.165) is 12.0 Å². The Morgan fingerprint density at radius 1 is 1.18 bits per heavy atom. The number of likely N-dealkylation sites (N-methyl/N-ethyl adjacent to an activating group) is 1. The molecule has 0 aromatic heterocycles. The van der Waals surface area contributed by atoms with Gasteiger partial charge in [0.05, 0.1) is 12.2 Å². The molecule has 0 amide bonds. The van der Waals surface area contributed by atoms with Crippen LogP contribution in [0, 0.1) is 23.7 Å². The number of aromatic carboxylic acids is 1. The molecule has 2 aromatic rings. The van der Waals surface area contributed by atoms with Crippen molar-refractivity contribution in [2.45, 2.75) is 69.5 Å². The predicted molar refractivity (Wildman–Crippen MR) is 154 cm³/mol. The van der Waals surface area contributed by atoms with Crippen molar-refractivity contribution in [3.05, 3.63) is 59.2 Å². The maximum absolute atomic E-state index is 13.7. The Morgan fingerprint density at radius 3 is 2.52 bits per heavy atom. The minimum atomic E-state index is -3.91. The van der Waals surface area contributed by atoms with Crippen molar-refractivity contribution >= 4 is 16.0 Å². The maximum atomic E-state index is 13.7. The van der Waals surface area contributed by atoms with Crippen LogP contribution in [0.5, 0.6) is 5.75 Å². The zero-order chi connectivity index (χ0) is 28.9. The Morgan fingerprint density at radius 2 is 1.88 bits per heavy atom. The second kappa shape index (κ2) is 13.2. The Kier molecular flexibility index (Phi) is 9.90. The third-order valence-electron chi connectivity index (χ3n) is 7.91. The highest BCUT2D eigenvalue weighted by Crippen LogP contribution is 2.34. The molecule has 2 N–H and O–H groups in total. The molecule has 0 unspecified atom stereocenters. The van der Waals surface area contributed by atoms with Gasteiger partial charge in [0.1, 0.15) is 16.7 Å². The Hall–Kier alpha value is -2.90. The van der Waals surface area contributed by atoms with Gasteiger partial charge in [0, 0.05) is 43.6 Å². The van der Waals surface area contributed by atoms with Gasteiger partial charge in [-0.25, -0.2) is 13.2 Å². The monoisotopic (exact) mass is 568 g/mol. The van der Waals surface area contributed by atoms with Gasteiger partial charge in [-0.3, -0.25) is 4.90 Å². The number of aliphatic hydroxyl groups excluding tert-OH is 1. The number of carbonyl (C=O) groups is 1. The van der Waals surface area contributed by atoms with Crippen LogP contribution in [-0.2, 0) is 16.6 Å². The SMILES string of the molecule is C[C@H](CO)N1C[C@H](C)[C@@H](CN(C)Cc2ccc(C(=O)O)cc2)Oc2cc(C#CCC3CCCC3)ccc2S1(=O)=O. The van der Waals surface area contributed by atoms with E-state index in [4.69, 9.17) is 9.84 Å². The summed E-state index contributed by atoms with van der Waals surface area (Å²) in [6.07, 6.45) is 5.47. The Labute approximate surface area is 238 Å². The summed E-state index contributed by atoms with van der Waals surface area (Å²) in [4.78, 5) is 13.3. The van der Waals surface area contributed by atoms with Crippen molar-refractivity contribution in [3.63, 3.8) is 0 Å². The smallest absolute Gasteiger partial charge is 0.335 e. The molecule has 0 radical (unpaired) electrons. The average Bonchev–Trinajstić information content (AvgIpc) is 3.44. The van der Waals surface area contributed by atoms with Gasteiger partial charge in [-0.05, 0) is 68.6 Å². The van der Waals surface area contributed by atoms with Crippen LogP contribution in [0.1, 0.15) is 67.4 Å². The fourth-order valence-electron chi connectivity index (χ4n) is 5.47. The van der Waals surface area contributed by atoms with Crippen LogP contribution in [0.2, 0.25) is 0 Å². The molecule has 0 spiro atoms. The van der Waals surface area contributed by atoms with Gasteiger partial charge in [0.2, 0.25) is 10.0 Å². The molecule has 1 heterocycles.